The molecular weight excluding hydrogens is 600 g/mol. The van der Waals surface area contributed by atoms with Gasteiger partial charge in [-0.15, -0.1) is 0 Å². The Morgan fingerprint density at radius 3 is 2.28 bits per heavy atom. The number of phenolic OH excluding ortho intramolecular Hbond substituents is 1. The molecule has 2 aromatic rings. The number of fused-ring (bicyclic) bond motifs is 3. The van der Waals surface area contributed by atoms with Gasteiger partial charge in [-0.2, -0.15) is 0 Å². The highest BCUT2D eigenvalue weighted by Gasteiger charge is 2.64. The smallest absolute Gasteiger partial charge is 0.255 e. The Kier molecular flexibility index (Phi) is 10.7. The van der Waals surface area contributed by atoms with Gasteiger partial charge in [0.05, 0.1) is 11.6 Å². The number of nitrogens with two attached hydrogens (primary N) is 1. The number of primary amides is 1. The summed E-state index contributed by atoms with van der Waals surface area (Å²) < 4.78 is 0. The van der Waals surface area contributed by atoms with Crippen LogP contribution in [0.1, 0.15) is 36.5 Å². The third kappa shape index (κ3) is 6.58. The summed E-state index contributed by atoms with van der Waals surface area (Å²) in [5, 5.41) is 44.6. The second-order valence-corrected chi connectivity index (χ2v) is 13.4. The van der Waals surface area contributed by atoms with Gasteiger partial charge < -0.3 is 36.0 Å². The second-order valence-electron chi connectivity index (χ2n) is 13.4. The first-order valence-electron chi connectivity index (χ1n) is 16.0. The van der Waals surface area contributed by atoms with Crippen LogP contribution in [0.2, 0.25) is 0 Å². The molecular formula is C36H48N4O7. The molecule has 3 aliphatic rings. The van der Waals surface area contributed by atoms with Crippen molar-refractivity contribution in [2.75, 3.05) is 54.9 Å². The average Bonchev–Trinajstić information content (AvgIpc) is 2.98. The summed E-state index contributed by atoms with van der Waals surface area (Å²) in [4.78, 5) is 45.2. The van der Waals surface area contributed by atoms with Crippen LogP contribution in [0.15, 0.2) is 53.3 Å². The summed E-state index contributed by atoms with van der Waals surface area (Å²) in [5.41, 5.74) is 5.10. The molecule has 3 aliphatic carbocycles. The van der Waals surface area contributed by atoms with Crippen LogP contribution in [0, 0.1) is 18.8 Å². The Bertz CT molecular complexity index is 1630. The first-order chi connectivity index (χ1) is 22.1. The summed E-state index contributed by atoms with van der Waals surface area (Å²) in [5.74, 6) is -6.61. The molecule has 5 rings (SSSR count). The first-order valence-corrected chi connectivity index (χ1v) is 16.0. The summed E-state index contributed by atoms with van der Waals surface area (Å²) in [7, 11) is 9.54. The lowest BCUT2D eigenvalue weighted by atomic mass is 9.57. The highest BCUT2D eigenvalue weighted by atomic mass is 16.3. The summed E-state index contributed by atoms with van der Waals surface area (Å²) in [6.07, 6.45) is 1.57. The average molecular weight is 649 g/mol. The molecule has 11 nitrogen and oxygen atoms in total. The normalized spacial score (nSPS) is 23.9. The minimum absolute atomic E-state index is 0.0503. The number of phenols is 1. The van der Waals surface area contributed by atoms with Crippen LogP contribution in [0.25, 0.3) is 16.9 Å². The largest absolute Gasteiger partial charge is 0.508 e. The number of amides is 1. The van der Waals surface area contributed by atoms with E-state index >= 15 is 0 Å². The molecule has 0 saturated heterocycles. The topological polar surface area (TPSA) is 168 Å². The van der Waals surface area contributed by atoms with E-state index in [9.17, 15) is 34.8 Å². The number of aliphatic hydroxyl groups is 3. The fraction of sp³-hybridized carbons (Fsp3) is 0.472. The van der Waals surface area contributed by atoms with E-state index < -0.39 is 58.0 Å². The SMILES string of the molecule is CCN(C)CCCN(C)C.Cc1cccc(-c2ccc(O)c3c2C[C@H]2C[C@H]4[C@H](N(C)C)C(=O)C(C(N)=O)=C(O)[C@@]4(O)C(=O)C2=C3O)c1. The lowest BCUT2D eigenvalue weighted by molar-refractivity contribution is -0.153. The molecule has 0 aromatic heterocycles. The number of aryl methyl sites for hydroxylation is 1. The Hall–Kier alpha value is -4.03. The Labute approximate surface area is 276 Å². The molecule has 1 saturated carbocycles. The predicted octanol–water partition coefficient (Wildman–Crippen LogP) is 2.83. The highest BCUT2D eigenvalue weighted by molar-refractivity contribution is 6.24. The molecule has 0 bridgehead atoms. The number of hydrogen-bond acceptors (Lipinski definition) is 10. The third-order valence-electron chi connectivity index (χ3n) is 9.62. The van der Waals surface area contributed by atoms with Crippen LogP contribution in [0.3, 0.4) is 0 Å². The zero-order valence-electron chi connectivity index (χ0n) is 28.4. The molecule has 0 unspecified atom stereocenters. The molecule has 254 valence electrons. The fourth-order valence-corrected chi connectivity index (χ4v) is 7.14. The molecule has 0 heterocycles. The zero-order valence-corrected chi connectivity index (χ0v) is 28.4. The summed E-state index contributed by atoms with van der Waals surface area (Å²) in [6.45, 7) is 7.72. The number of nitrogens with zero attached hydrogens (tertiary/aromatic N) is 3. The van der Waals surface area contributed by atoms with Crippen molar-refractivity contribution in [1.29, 1.82) is 0 Å². The fourth-order valence-electron chi connectivity index (χ4n) is 7.14. The van der Waals surface area contributed by atoms with Gasteiger partial charge in [0.25, 0.3) is 5.91 Å². The van der Waals surface area contributed by atoms with Crippen molar-refractivity contribution < 1.29 is 34.8 Å². The number of carbonyl (C=O) groups excluding carboxylic acids is 3. The highest BCUT2D eigenvalue weighted by Crippen LogP contribution is 2.53. The van der Waals surface area contributed by atoms with Gasteiger partial charge in [-0.05, 0) is 110 Å². The lowest BCUT2D eigenvalue weighted by Gasteiger charge is -2.50. The van der Waals surface area contributed by atoms with Crippen molar-refractivity contribution in [3.8, 4) is 16.9 Å². The third-order valence-corrected chi connectivity index (χ3v) is 9.62. The lowest BCUT2D eigenvalue weighted by Crippen LogP contribution is -2.65. The quantitative estimate of drug-likeness (QED) is 0.269. The molecule has 4 atom stereocenters. The number of rotatable bonds is 8. The van der Waals surface area contributed by atoms with Gasteiger partial charge >= 0.3 is 0 Å². The molecule has 1 amide bonds. The van der Waals surface area contributed by atoms with Crippen molar-refractivity contribution in [2.24, 2.45) is 17.6 Å². The van der Waals surface area contributed by atoms with Gasteiger partial charge in [-0.25, -0.2) is 0 Å². The van der Waals surface area contributed by atoms with E-state index in [-0.39, 0.29) is 29.7 Å². The Morgan fingerprint density at radius 2 is 1.70 bits per heavy atom. The van der Waals surface area contributed by atoms with Crippen LogP contribution in [0.5, 0.6) is 5.75 Å². The second kappa shape index (κ2) is 14.0. The van der Waals surface area contributed by atoms with Crippen molar-refractivity contribution >= 4 is 23.2 Å². The van der Waals surface area contributed by atoms with Gasteiger partial charge in [0.15, 0.2) is 11.4 Å². The molecule has 0 radical (unpaired) electrons. The van der Waals surface area contributed by atoms with E-state index in [1.807, 2.05) is 31.2 Å². The number of aromatic hydroxyl groups is 1. The number of Topliss-reactive ketones (excluding diaryl/α,β-unsaturated/α-hetero) is 2. The van der Waals surface area contributed by atoms with Crippen molar-refractivity contribution in [3.63, 3.8) is 0 Å². The Morgan fingerprint density at radius 1 is 1.02 bits per heavy atom. The molecule has 6 N–H and O–H groups in total. The van der Waals surface area contributed by atoms with E-state index in [1.54, 1.807) is 20.2 Å². The van der Waals surface area contributed by atoms with Crippen molar-refractivity contribution in [3.05, 3.63) is 70.0 Å². The summed E-state index contributed by atoms with van der Waals surface area (Å²) >= 11 is 0. The van der Waals surface area contributed by atoms with Crippen LogP contribution in [-0.4, -0.2) is 119 Å². The maximum absolute atomic E-state index is 13.9. The van der Waals surface area contributed by atoms with E-state index in [4.69, 9.17) is 5.73 Å². The first kappa shape index (κ1) is 35.8. The molecule has 1 fully saturated rings. The van der Waals surface area contributed by atoms with Gasteiger partial charge in [0.1, 0.15) is 22.8 Å². The molecule has 11 heteroatoms. The predicted molar refractivity (Wildman–Crippen MR) is 181 cm³/mol. The number of aliphatic hydroxyl groups excluding tert-OH is 2. The monoisotopic (exact) mass is 648 g/mol. The molecule has 0 spiro atoms. The Balaban J connectivity index is 0.000000434. The van der Waals surface area contributed by atoms with Crippen LogP contribution in [0.4, 0.5) is 0 Å². The van der Waals surface area contributed by atoms with E-state index in [0.717, 1.165) is 23.2 Å². The number of benzene rings is 2. The zero-order chi connectivity index (χ0) is 35.0. The number of likely N-dealkylation sites (N-methyl/N-ethyl adjacent to an activating group) is 1. The summed E-state index contributed by atoms with van der Waals surface area (Å²) in [6, 6.07) is 9.82. The number of ketones is 2. The molecule has 2 aromatic carbocycles. The molecule has 0 aliphatic heterocycles. The van der Waals surface area contributed by atoms with E-state index in [0.29, 0.717) is 5.56 Å². The minimum atomic E-state index is -2.64. The van der Waals surface area contributed by atoms with E-state index in [2.05, 4.69) is 37.9 Å². The van der Waals surface area contributed by atoms with Crippen LogP contribution < -0.4 is 5.73 Å². The molecule has 47 heavy (non-hydrogen) atoms. The van der Waals surface area contributed by atoms with E-state index in [1.165, 1.54) is 30.5 Å². The maximum Gasteiger partial charge on any atom is 0.255 e. The van der Waals surface area contributed by atoms with Gasteiger partial charge in [0.2, 0.25) is 5.78 Å². The van der Waals surface area contributed by atoms with Crippen molar-refractivity contribution in [2.45, 2.75) is 44.8 Å². The van der Waals surface area contributed by atoms with Gasteiger partial charge in [-0.3, -0.25) is 19.3 Å². The van der Waals surface area contributed by atoms with Crippen molar-refractivity contribution in [1.82, 2.24) is 14.7 Å². The number of hydrogen-bond donors (Lipinski definition) is 5. The maximum atomic E-state index is 13.9. The van der Waals surface area contributed by atoms with Gasteiger partial charge in [0, 0.05) is 11.5 Å². The van der Waals surface area contributed by atoms with Crippen LogP contribution in [-0.2, 0) is 20.8 Å². The number of carbonyl (C=O) groups is 3. The van der Waals surface area contributed by atoms with Gasteiger partial charge in [-0.1, -0.05) is 42.8 Å². The van der Waals surface area contributed by atoms with Crippen LogP contribution >= 0.6 is 0 Å². The minimum Gasteiger partial charge on any atom is -0.508 e. The standard InChI is InChI=1S/C28H28N2O7.C8H20N2/c1-12-5-4-6-13(9-12)15-7-8-18(31)20-16(15)10-14-11-17-22(30(2)3)24(33)21(27(29)36)26(35)28(17,37)25(34)19(14)23(20)32;1-5-10(4)8-6-7-9(2)3/h4-9,14,17,22,31-32,35,37H,10-11H2,1-3H3,(H2,29,36);5-8H2,1-4H3/t14-,17-,22-,28-;/m0./s1.